The van der Waals surface area contributed by atoms with Crippen molar-refractivity contribution >= 4 is 23.2 Å². The number of benzene rings is 2. The number of carbonyl (C=O) groups excluding carboxylic acids is 2. The number of anilines is 2. The van der Waals surface area contributed by atoms with Crippen LogP contribution in [-0.2, 0) is 0 Å². The molecule has 0 spiro atoms. The van der Waals surface area contributed by atoms with Gasteiger partial charge in [-0.3, -0.25) is 9.69 Å². The first-order valence-corrected chi connectivity index (χ1v) is 6.38. The highest BCUT2D eigenvalue weighted by atomic mass is 19.1. The van der Waals surface area contributed by atoms with E-state index in [0.29, 0.717) is 16.9 Å². The van der Waals surface area contributed by atoms with Crippen LogP contribution in [0.5, 0.6) is 0 Å². The van der Waals surface area contributed by atoms with Crippen molar-refractivity contribution in [3.63, 3.8) is 0 Å². The molecule has 0 radical (unpaired) electrons. The molecule has 0 atom stereocenters. The maximum atomic E-state index is 13.1. The van der Waals surface area contributed by atoms with Gasteiger partial charge in [0.25, 0.3) is 0 Å². The summed E-state index contributed by atoms with van der Waals surface area (Å²) >= 11 is 0. The standard InChI is InChI=1S/C16H15FN2O2/c1-11(20)12-6-8-14(9-7-12)18-16(21)19(2)15-5-3-4-13(17)10-15/h3-10H,1-2H3,(H,18,21). The van der Waals surface area contributed by atoms with Gasteiger partial charge in [-0.15, -0.1) is 0 Å². The third-order valence-electron chi connectivity index (χ3n) is 3.04. The normalized spacial score (nSPS) is 10.0. The highest BCUT2D eigenvalue weighted by molar-refractivity contribution is 6.01. The van der Waals surface area contributed by atoms with E-state index in [2.05, 4.69) is 5.32 Å². The van der Waals surface area contributed by atoms with Crippen LogP contribution < -0.4 is 10.2 Å². The monoisotopic (exact) mass is 286 g/mol. The van der Waals surface area contributed by atoms with Gasteiger partial charge in [-0.25, -0.2) is 9.18 Å². The fourth-order valence-corrected chi connectivity index (χ4v) is 1.80. The second-order valence-corrected chi connectivity index (χ2v) is 4.60. The molecule has 21 heavy (non-hydrogen) atoms. The zero-order valence-electron chi connectivity index (χ0n) is 11.8. The Kier molecular flexibility index (Phi) is 4.33. The minimum Gasteiger partial charge on any atom is -0.308 e. The molecule has 2 amide bonds. The molecule has 0 saturated carbocycles. The van der Waals surface area contributed by atoms with Crippen LogP contribution in [0.4, 0.5) is 20.6 Å². The average molecular weight is 286 g/mol. The lowest BCUT2D eigenvalue weighted by Gasteiger charge is -2.18. The third-order valence-corrected chi connectivity index (χ3v) is 3.04. The third kappa shape index (κ3) is 3.66. The number of hydrogen-bond donors (Lipinski definition) is 1. The van der Waals surface area contributed by atoms with Crippen LogP contribution in [-0.4, -0.2) is 18.9 Å². The van der Waals surface area contributed by atoms with Crippen molar-refractivity contribution in [3.8, 4) is 0 Å². The van der Waals surface area contributed by atoms with Crippen molar-refractivity contribution in [2.45, 2.75) is 6.92 Å². The van der Waals surface area contributed by atoms with Crippen molar-refractivity contribution in [3.05, 3.63) is 59.9 Å². The summed E-state index contributed by atoms with van der Waals surface area (Å²) in [5, 5.41) is 2.68. The number of carbonyl (C=O) groups is 2. The van der Waals surface area contributed by atoms with Gasteiger partial charge < -0.3 is 5.32 Å². The fraction of sp³-hybridized carbons (Fsp3) is 0.125. The maximum absolute atomic E-state index is 13.1. The van der Waals surface area contributed by atoms with Crippen molar-refractivity contribution in [1.29, 1.82) is 0 Å². The molecular weight excluding hydrogens is 271 g/mol. The summed E-state index contributed by atoms with van der Waals surface area (Å²) in [6.45, 7) is 1.48. The van der Waals surface area contributed by atoms with Crippen molar-refractivity contribution in [2.75, 3.05) is 17.3 Å². The number of nitrogens with one attached hydrogen (secondary N) is 1. The number of nitrogens with zero attached hydrogens (tertiary/aromatic N) is 1. The van der Waals surface area contributed by atoms with Gasteiger partial charge in [0, 0.05) is 24.0 Å². The molecule has 0 saturated heterocycles. The molecule has 0 fully saturated rings. The van der Waals surface area contributed by atoms with E-state index in [1.54, 1.807) is 37.4 Å². The Morgan fingerprint density at radius 1 is 1.10 bits per heavy atom. The highest BCUT2D eigenvalue weighted by Gasteiger charge is 2.11. The maximum Gasteiger partial charge on any atom is 0.326 e. The average Bonchev–Trinajstić information content (AvgIpc) is 2.47. The number of Topliss-reactive ketones (excluding diaryl/α,β-unsaturated/α-hetero) is 1. The molecule has 108 valence electrons. The summed E-state index contributed by atoms with van der Waals surface area (Å²) in [6.07, 6.45) is 0. The fourth-order valence-electron chi connectivity index (χ4n) is 1.80. The van der Waals surface area contributed by atoms with Gasteiger partial charge in [0.1, 0.15) is 5.82 Å². The molecule has 2 aromatic carbocycles. The lowest BCUT2D eigenvalue weighted by Crippen LogP contribution is -2.31. The number of ketones is 1. The predicted molar refractivity (Wildman–Crippen MR) is 80.3 cm³/mol. The molecule has 0 bridgehead atoms. The van der Waals surface area contributed by atoms with Crippen LogP contribution in [0.2, 0.25) is 0 Å². The minimum absolute atomic E-state index is 0.0373. The van der Waals surface area contributed by atoms with E-state index in [9.17, 15) is 14.0 Å². The topological polar surface area (TPSA) is 49.4 Å². The summed E-state index contributed by atoms with van der Waals surface area (Å²) < 4.78 is 13.1. The molecular formula is C16H15FN2O2. The minimum atomic E-state index is -0.405. The number of rotatable bonds is 3. The zero-order chi connectivity index (χ0) is 15.4. The Balaban J connectivity index is 2.08. The predicted octanol–water partition coefficient (Wildman–Crippen LogP) is 3.70. The molecule has 2 aromatic rings. The van der Waals surface area contributed by atoms with Gasteiger partial charge in [-0.2, -0.15) is 0 Å². The molecule has 0 heterocycles. The Morgan fingerprint density at radius 3 is 2.33 bits per heavy atom. The number of amides is 2. The van der Waals surface area contributed by atoms with E-state index in [-0.39, 0.29) is 5.78 Å². The Bertz CT molecular complexity index is 668. The molecule has 0 unspecified atom stereocenters. The number of urea groups is 1. The van der Waals surface area contributed by atoms with E-state index in [1.807, 2.05) is 0 Å². The van der Waals surface area contributed by atoms with Crippen LogP contribution >= 0.6 is 0 Å². The number of hydrogen-bond acceptors (Lipinski definition) is 2. The molecule has 5 heteroatoms. The second-order valence-electron chi connectivity index (χ2n) is 4.60. The number of halogens is 1. The molecule has 0 aromatic heterocycles. The van der Waals surface area contributed by atoms with Crippen LogP contribution in [0.3, 0.4) is 0 Å². The van der Waals surface area contributed by atoms with Gasteiger partial charge in [-0.05, 0) is 49.4 Å². The Labute approximate surface area is 122 Å². The van der Waals surface area contributed by atoms with Gasteiger partial charge in [0.05, 0.1) is 0 Å². The van der Waals surface area contributed by atoms with Crippen molar-refractivity contribution in [1.82, 2.24) is 0 Å². The lowest BCUT2D eigenvalue weighted by molar-refractivity contribution is 0.101. The molecule has 4 nitrogen and oxygen atoms in total. The van der Waals surface area contributed by atoms with E-state index in [4.69, 9.17) is 0 Å². The van der Waals surface area contributed by atoms with E-state index < -0.39 is 11.8 Å². The Morgan fingerprint density at radius 2 is 1.76 bits per heavy atom. The van der Waals surface area contributed by atoms with Gasteiger partial charge in [0.2, 0.25) is 0 Å². The summed E-state index contributed by atoms with van der Waals surface area (Å²) in [5.41, 5.74) is 1.59. The first-order chi connectivity index (χ1) is 9.97. The smallest absolute Gasteiger partial charge is 0.308 e. The molecule has 2 rings (SSSR count). The van der Waals surface area contributed by atoms with Crippen LogP contribution in [0.15, 0.2) is 48.5 Å². The first-order valence-electron chi connectivity index (χ1n) is 6.38. The van der Waals surface area contributed by atoms with Crippen molar-refractivity contribution in [2.24, 2.45) is 0 Å². The van der Waals surface area contributed by atoms with Crippen molar-refractivity contribution < 1.29 is 14.0 Å². The molecule has 0 aliphatic rings. The quantitative estimate of drug-likeness (QED) is 0.875. The molecule has 0 aliphatic heterocycles. The SMILES string of the molecule is CC(=O)c1ccc(NC(=O)N(C)c2cccc(F)c2)cc1. The van der Waals surface area contributed by atoms with E-state index in [0.717, 1.165) is 0 Å². The first kappa shape index (κ1) is 14.7. The van der Waals surface area contributed by atoms with Crippen LogP contribution in [0, 0.1) is 5.82 Å². The van der Waals surface area contributed by atoms with Crippen LogP contribution in [0.1, 0.15) is 17.3 Å². The van der Waals surface area contributed by atoms with E-state index >= 15 is 0 Å². The zero-order valence-corrected chi connectivity index (χ0v) is 11.8. The summed E-state index contributed by atoms with van der Waals surface area (Å²) in [6, 6.07) is 11.9. The second kappa shape index (κ2) is 6.17. The van der Waals surface area contributed by atoms with Gasteiger partial charge >= 0.3 is 6.03 Å². The van der Waals surface area contributed by atoms with Gasteiger partial charge in [-0.1, -0.05) is 6.07 Å². The van der Waals surface area contributed by atoms with Gasteiger partial charge in [0.15, 0.2) is 5.78 Å². The molecule has 1 N–H and O–H groups in total. The summed E-state index contributed by atoms with van der Waals surface area (Å²) in [7, 11) is 1.55. The van der Waals surface area contributed by atoms with Crippen LogP contribution in [0.25, 0.3) is 0 Å². The molecule has 0 aliphatic carbocycles. The Hall–Kier alpha value is -2.69. The largest absolute Gasteiger partial charge is 0.326 e. The summed E-state index contributed by atoms with van der Waals surface area (Å²) in [4.78, 5) is 24.5. The van der Waals surface area contributed by atoms with E-state index in [1.165, 1.54) is 30.0 Å². The lowest BCUT2D eigenvalue weighted by atomic mass is 10.1. The highest BCUT2D eigenvalue weighted by Crippen LogP contribution is 2.16. The summed E-state index contributed by atoms with van der Waals surface area (Å²) in [5.74, 6) is -0.442.